The van der Waals surface area contributed by atoms with Crippen molar-refractivity contribution < 1.29 is 9.90 Å². The second-order valence-electron chi connectivity index (χ2n) is 4.25. The van der Waals surface area contributed by atoms with E-state index in [-0.39, 0.29) is 11.7 Å². The van der Waals surface area contributed by atoms with Gasteiger partial charge in [0.2, 0.25) is 5.91 Å². The second-order valence-corrected chi connectivity index (χ2v) is 4.25. The fourth-order valence-corrected chi connectivity index (χ4v) is 1.66. The molecule has 0 radical (unpaired) electrons. The van der Waals surface area contributed by atoms with E-state index in [1.165, 1.54) is 6.08 Å². The lowest BCUT2D eigenvalue weighted by Crippen LogP contribution is -2.07. The number of rotatable bonds is 3. The lowest BCUT2D eigenvalue weighted by atomic mass is 10.2. The van der Waals surface area contributed by atoms with Crippen LogP contribution in [0.3, 0.4) is 0 Å². The summed E-state index contributed by atoms with van der Waals surface area (Å²) in [6, 6.07) is 14.7. The fourth-order valence-electron chi connectivity index (χ4n) is 1.66. The Morgan fingerprint density at radius 2 is 1.89 bits per heavy atom. The van der Waals surface area contributed by atoms with Crippen LogP contribution in [0.2, 0.25) is 0 Å². The topological polar surface area (TPSA) is 49.3 Å². The molecule has 1 amide bonds. The molecule has 0 saturated heterocycles. The average Bonchev–Trinajstić information content (AvgIpc) is 2.41. The Balaban J connectivity index is 2.04. The van der Waals surface area contributed by atoms with Gasteiger partial charge in [-0.3, -0.25) is 4.79 Å². The molecule has 0 aromatic heterocycles. The van der Waals surface area contributed by atoms with E-state index in [0.29, 0.717) is 5.69 Å². The number of aromatic hydroxyl groups is 1. The van der Waals surface area contributed by atoms with Crippen LogP contribution >= 0.6 is 0 Å². The number of carbonyl (C=O) groups excluding carboxylic acids is 1. The predicted molar refractivity (Wildman–Crippen MR) is 76.9 cm³/mol. The third kappa shape index (κ3) is 3.71. The van der Waals surface area contributed by atoms with Crippen LogP contribution in [0.25, 0.3) is 6.08 Å². The van der Waals surface area contributed by atoms with E-state index in [2.05, 4.69) is 5.32 Å². The largest absolute Gasteiger partial charge is 0.506 e. The first-order valence-corrected chi connectivity index (χ1v) is 5.99. The quantitative estimate of drug-likeness (QED) is 0.651. The maximum atomic E-state index is 11.7. The van der Waals surface area contributed by atoms with Crippen LogP contribution in [-0.2, 0) is 4.79 Å². The van der Waals surface area contributed by atoms with Gasteiger partial charge in [0.15, 0.2) is 0 Å². The molecular weight excluding hydrogens is 238 g/mol. The van der Waals surface area contributed by atoms with E-state index >= 15 is 0 Å². The highest BCUT2D eigenvalue weighted by Gasteiger charge is 2.03. The summed E-state index contributed by atoms with van der Waals surface area (Å²) in [4.78, 5) is 11.7. The molecule has 2 aromatic carbocycles. The van der Waals surface area contributed by atoms with Crippen molar-refractivity contribution in [2.45, 2.75) is 6.92 Å². The minimum Gasteiger partial charge on any atom is -0.506 e. The van der Waals surface area contributed by atoms with Crippen LogP contribution in [0.4, 0.5) is 5.69 Å². The molecule has 19 heavy (non-hydrogen) atoms. The second kappa shape index (κ2) is 5.87. The number of carbonyl (C=O) groups is 1. The fraction of sp³-hybridized carbons (Fsp3) is 0.0625. The monoisotopic (exact) mass is 253 g/mol. The molecule has 96 valence electrons. The normalized spacial score (nSPS) is 10.6. The van der Waals surface area contributed by atoms with Gasteiger partial charge >= 0.3 is 0 Å². The van der Waals surface area contributed by atoms with Gasteiger partial charge in [-0.25, -0.2) is 0 Å². The zero-order chi connectivity index (χ0) is 13.7. The number of phenolic OH excluding ortho intramolecular Hbond substituents is 1. The molecule has 0 aliphatic heterocycles. The molecule has 0 aliphatic rings. The molecule has 2 rings (SSSR count). The van der Waals surface area contributed by atoms with E-state index in [0.717, 1.165) is 11.1 Å². The molecular formula is C16H15NO2. The van der Waals surface area contributed by atoms with Gasteiger partial charge in [-0.1, -0.05) is 36.4 Å². The molecule has 0 bridgehead atoms. The molecule has 3 heteroatoms. The molecule has 0 heterocycles. The zero-order valence-corrected chi connectivity index (χ0v) is 10.6. The van der Waals surface area contributed by atoms with Crippen molar-refractivity contribution in [3.63, 3.8) is 0 Å². The molecule has 3 nitrogen and oxygen atoms in total. The van der Waals surface area contributed by atoms with Gasteiger partial charge < -0.3 is 10.4 Å². The van der Waals surface area contributed by atoms with Crippen molar-refractivity contribution in [2.75, 3.05) is 5.32 Å². The number of anilines is 1. The highest BCUT2D eigenvalue weighted by Crippen LogP contribution is 2.23. The maximum Gasteiger partial charge on any atom is 0.248 e. The Morgan fingerprint density at radius 3 is 2.58 bits per heavy atom. The molecule has 2 N–H and O–H groups in total. The molecule has 0 aliphatic carbocycles. The lowest BCUT2D eigenvalue weighted by molar-refractivity contribution is -0.111. The van der Waals surface area contributed by atoms with Gasteiger partial charge in [0.1, 0.15) is 5.75 Å². The predicted octanol–water partition coefficient (Wildman–Crippen LogP) is 3.35. The van der Waals surface area contributed by atoms with Crippen LogP contribution in [0.1, 0.15) is 11.1 Å². The van der Waals surface area contributed by atoms with Gasteiger partial charge in [0.25, 0.3) is 0 Å². The molecule has 0 atom stereocenters. The molecule has 0 fully saturated rings. The highest BCUT2D eigenvalue weighted by atomic mass is 16.3. The number of nitrogens with one attached hydrogen (secondary N) is 1. The summed E-state index contributed by atoms with van der Waals surface area (Å²) in [5, 5.41) is 12.3. The van der Waals surface area contributed by atoms with Crippen LogP contribution in [0, 0.1) is 6.92 Å². The Kier molecular flexibility index (Phi) is 3.98. The summed E-state index contributed by atoms with van der Waals surface area (Å²) in [5.41, 5.74) is 2.30. The molecule has 2 aromatic rings. The summed E-state index contributed by atoms with van der Waals surface area (Å²) in [6.45, 7) is 1.88. The van der Waals surface area contributed by atoms with Crippen LogP contribution in [0.5, 0.6) is 5.75 Å². The number of aryl methyl sites for hydroxylation is 1. The number of amides is 1. The number of hydrogen-bond donors (Lipinski definition) is 2. The smallest absolute Gasteiger partial charge is 0.248 e. The minimum atomic E-state index is -0.275. The number of hydrogen-bond acceptors (Lipinski definition) is 2. The van der Waals surface area contributed by atoms with Crippen molar-refractivity contribution in [2.24, 2.45) is 0 Å². The van der Waals surface area contributed by atoms with Crippen molar-refractivity contribution in [3.05, 3.63) is 65.7 Å². The van der Waals surface area contributed by atoms with E-state index < -0.39 is 0 Å². The summed E-state index contributed by atoms with van der Waals surface area (Å²) >= 11 is 0. The van der Waals surface area contributed by atoms with Gasteiger partial charge in [0, 0.05) is 6.08 Å². The maximum absolute atomic E-state index is 11.7. The van der Waals surface area contributed by atoms with Crippen LogP contribution in [0.15, 0.2) is 54.6 Å². The number of phenols is 1. The Bertz CT molecular complexity index is 603. The molecule has 0 spiro atoms. The third-order valence-electron chi connectivity index (χ3n) is 2.64. The Hall–Kier alpha value is -2.55. The van der Waals surface area contributed by atoms with Crippen molar-refractivity contribution in [3.8, 4) is 5.75 Å². The van der Waals surface area contributed by atoms with Gasteiger partial charge in [-0.2, -0.15) is 0 Å². The molecule has 0 unspecified atom stereocenters. The Morgan fingerprint density at radius 1 is 1.16 bits per heavy atom. The SMILES string of the molecule is Cc1ccc(NC(=O)C=Cc2ccccc2)c(O)c1. The summed E-state index contributed by atoms with van der Waals surface area (Å²) in [5.74, 6) is -0.204. The van der Waals surface area contributed by atoms with Gasteiger partial charge in [-0.15, -0.1) is 0 Å². The van der Waals surface area contributed by atoms with Crippen molar-refractivity contribution in [1.82, 2.24) is 0 Å². The summed E-state index contributed by atoms with van der Waals surface area (Å²) in [6.07, 6.45) is 3.16. The van der Waals surface area contributed by atoms with E-state index in [1.54, 1.807) is 18.2 Å². The summed E-state index contributed by atoms with van der Waals surface area (Å²) in [7, 11) is 0. The zero-order valence-electron chi connectivity index (χ0n) is 10.6. The van der Waals surface area contributed by atoms with Gasteiger partial charge in [0.05, 0.1) is 5.69 Å². The van der Waals surface area contributed by atoms with Crippen molar-refractivity contribution >= 4 is 17.7 Å². The first-order valence-electron chi connectivity index (χ1n) is 5.99. The van der Waals surface area contributed by atoms with E-state index in [9.17, 15) is 9.90 Å². The van der Waals surface area contributed by atoms with Crippen molar-refractivity contribution in [1.29, 1.82) is 0 Å². The van der Waals surface area contributed by atoms with Gasteiger partial charge in [-0.05, 0) is 36.3 Å². The van der Waals surface area contributed by atoms with Crippen LogP contribution in [-0.4, -0.2) is 11.0 Å². The standard InChI is InChI=1S/C16H15NO2/c1-12-7-9-14(15(18)11-12)17-16(19)10-8-13-5-3-2-4-6-13/h2-11,18H,1H3,(H,17,19). The van der Waals surface area contributed by atoms with E-state index in [1.807, 2.05) is 43.3 Å². The molecule has 0 saturated carbocycles. The summed E-state index contributed by atoms with van der Waals surface area (Å²) < 4.78 is 0. The lowest BCUT2D eigenvalue weighted by Gasteiger charge is -2.05. The average molecular weight is 253 g/mol. The first-order chi connectivity index (χ1) is 9.15. The minimum absolute atomic E-state index is 0.0708. The Labute approximate surface area is 112 Å². The first kappa shape index (κ1) is 12.9. The van der Waals surface area contributed by atoms with E-state index in [4.69, 9.17) is 0 Å². The van der Waals surface area contributed by atoms with Crippen LogP contribution < -0.4 is 5.32 Å². The highest BCUT2D eigenvalue weighted by molar-refractivity contribution is 6.02. The third-order valence-corrected chi connectivity index (χ3v) is 2.64. The number of benzene rings is 2.